The number of hydrogen-bond acceptors (Lipinski definition) is 6. The van der Waals surface area contributed by atoms with Crippen LogP contribution in [0.4, 0.5) is 0 Å². The largest absolute Gasteiger partial charge is 0.462 e. The summed E-state index contributed by atoms with van der Waals surface area (Å²) >= 11 is 0. The van der Waals surface area contributed by atoms with Crippen LogP contribution in [0.2, 0.25) is 0 Å². The fourth-order valence-corrected chi connectivity index (χ4v) is 7.70. The summed E-state index contributed by atoms with van der Waals surface area (Å²) in [6, 6.07) is 0. The third-order valence-corrected chi connectivity index (χ3v) is 11.8. The van der Waals surface area contributed by atoms with E-state index in [2.05, 4.69) is 81.5 Å². The van der Waals surface area contributed by atoms with Crippen LogP contribution in [0.5, 0.6) is 0 Å². The van der Waals surface area contributed by atoms with E-state index in [0.717, 1.165) is 96.3 Å². The average Bonchev–Trinajstić information content (AvgIpc) is 3.29. The number of allylic oxidation sites excluding steroid dienone is 10. The van der Waals surface area contributed by atoms with Crippen molar-refractivity contribution < 1.29 is 28.6 Å². The summed E-state index contributed by atoms with van der Waals surface area (Å²) in [5, 5.41) is 0. The molecule has 0 bridgehead atoms. The highest BCUT2D eigenvalue weighted by Gasteiger charge is 2.19. The summed E-state index contributed by atoms with van der Waals surface area (Å²) < 4.78 is 16.8. The predicted molar refractivity (Wildman–Crippen MR) is 275 cm³/mol. The highest BCUT2D eigenvalue weighted by atomic mass is 16.6. The van der Waals surface area contributed by atoms with Crippen LogP contribution in [0.3, 0.4) is 0 Å². The molecule has 370 valence electrons. The van der Waals surface area contributed by atoms with Crippen molar-refractivity contribution in [2.45, 2.75) is 277 Å². The van der Waals surface area contributed by atoms with E-state index in [0.29, 0.717) is 19.3 Å². The van der Waals surface area contributed by atoms with Gasteiger partial charge in [-0.05, 0) is 64.2 Å². The lowest BCUT2D eigenvalue weighted by Gasteiger charge is -2.18. The second kappa shape index (κ2) is 52.7. The van der Waals surface area contributed by atoms with Crippen LogP contribution >= 0.6 is 0 Å². The Hall–Kier alpha value is -2.89. The van der Waals surface area contributed by atoms with Crippen LogP contribution < -0.4 is 0 Å². The smallest absolute Gasteiger partial charge is 0.306 e. The van der Waals surface area contributed by atoms with Crippen molar-refractivity contribution in [3.63, 3.8) is 0 Å². The van der Waals surface area contributed by atoms with Gasteiger partial charge in [-0.2, -0.15) is 0 Å². The molecular weight excluding hydrogens is 793 g/mol. The molecule has 0 spiro atoms. The molecule has 0 aliphatic heterocycles. The number of carbonyl (C=O) groups excluding carboxylic acids is 3. The van der Waals surface area contributed by atoms with Gasteiger partial charge in [0.15, 0.2) is 6.10 Å². The zero-order valence-electron chi connectivity index (χ0n) is 42.3. The Labute approximate surface area is 396 Å². The Bertz CT molecular complexity index is 1170. The highest BCUT2D eigenvalue weighted by Crippen LogP contribution is 2.16. The molecule has 0 heterocycles. The molecule has 1 atom stereocenters. The molecule has 0 aliphatic carbocycles. The summed E-state index contributed by atoms with van der Waals surface area (Å²) in [5.74, 6) is -0.904. The maximum absolute atomic E-state index is 12.8. The molecule has 0 rings (SSSR count). The Morgan fingerprint density at radius 2 is 0.609 bits per heavy atom. The van der Waals surface area contributed by atoms with Gasteiger partial charge in [0.2, 0.25) is 0 Å². The lowest BCUT2D eigenvalue weighted by atomic mass is 10.0. The first-order valence-corrected chi connectivity index (χ1v) is 27.3. The van der Waals surface area contributed by atoms with Crippen molar-refractivity contribution in [2.24, 2.45) is 0 Å². The summed E-state index contributed by atoms with van der Waals surface area (Å²) in [5.41, 5.74) is 0. The second-order valence-corrected chi connectivity index (χ2v) is 18.1. The minimum absolute atomic E-state index is 0.0811. The Kier molecular flexibility index (Phi) is 50.4. The van der Waals surface area contributed by atoms with E-state index in [1.165, 1.54) is 135 Å². The molecule has 0 aliphatic rings. The number of carbonyl (C=O) groups is 3. The van der Waals surface area contributed by atoms with Crippen molar-refractivity contribution >= 4 is 17.9 Å². The molecule has 0 fully saturated rings. The Morgan fingerprint density at radius 1 is 0.328 bits per heavy atom. The minimum Gasteiger partial charge on any atom is -0.462 e. The van der Waals surface area contributed by atoms with Gasteiger partial charge in [-0.25, -0.2) is 0 Å². The summed E-state index contributed by atoms with van der Waals surface area (Å²) in [6.45, 7) is 6.52. The molecule has 0 aromatic heterocycles. The van der Waals surface area contributed by atoms with Gasteiger partial charge in [0.05, 0.1) is 0 Å². The SMILES string of the molecule is CC/C=C\C/C=C\C/C=C\C/C=C\C/C=C\CCCCCC(=O)OC[C@H](COC(=O)CCCCCCCCCCCCCC)OC(=O)CCCCCCCCCCCCCCCCC. The van der Waals surface area contributed by atoms with E-state index in [-0.39, 0.29) is 31.1 Å². The number of esters is 3. The lowest BCUT2D eigenvalue weighted by Crippen LogP contribution is -2.30. The van der Waals surface area contributed by atoms with Gasteiger partial charge in [0, 0.05) is 19.3 Å². The second-order valence-electron chi connectivity index (χ2n) is 18.1. The predicted octanol–water partition coefficient (Wildman–Crippen LogP) is 18.0. The van der Waals surface area contributed by atoms with Crippen molar-refractivity contribution in [3.8, 4) is 0 Å². The average molecular weight is 895 g/mol. The van der Waals surface area contributed by atoms with Crippen molar-refractivity contribution in [1.82, 2.24) is 0 Å². The summed E-state index contributed by atoms with van der Waals surface area (Å²) in [7, 11) is 0. The van der Waals surface area contributed by atoms with Gasteiger partial charge in [0.25, 0.3) is 0 Å². The number of ether oxygens (including phenoxy) is 3. The van der Waals surface area contributed by atoms with E-state index in [1.807, 2.05) is 0 Å². The molecule has 0 N–H and O–H groups in total. The van der Waals surface area contributed by atoms with E-state index in [9.17, 15) is 14.4 Å². The zero-order chi connectivity index (χ0) is 46.5. The van der Waals surface area contributed by atoms with E-state index in [4.69, 9.17) is 14.2 Å². The van der Waals surface area contributed by atoms with Crippen LogP contribution in [0.25, 0.3) is 0 Å². The van der Waals surface area contributed by atoms with Gasteiger partial charge in [-0.15, -0.1) is 0 Å². The maximum Gasteiger partial charge on any atom is 0.306 e. The third kappa shape index (κ3) is 50.1. The molecule has 0 aromatic rings. The monoisotopic (exact) mass is 895 g/mol. The summed E-state index contributed by atoms with van der Waals surface area (Å²) in [4.78, 5) is 38.0. The van der Waals surface area contributed by atoms with Gasteiger partial charge < -0.3 is 14.2 Å². The first kappa shape index (κ1) is 61.1. The third-order valence-electron chi connectivity index (χ3n) is 11.8. The molecule has 64 heavy (non-hydrogen) atoms. The zero-order valence-corrected chi connectivity index (χ0v) is 42.3. The van der Waals surface area contributed by atoms with E-state index in [1.54, 1.807) is 0 Å². The topological polar surface area (TPSA) is 78.9 Å². The lowest BCUT2D eigenvalue weighted by molar-refractivity contribution is -0.167. The molecule has 0 unspecified atom stereocenters. The first-order valence-electron chi connectivity index (χ1n) is 27.3. The normalized spacial score (nSPS) is 12.5. The van der Waals surface area contributed by atoms with Gasteiger partial charge in [0.1, 0.15) is 13.2 Å². The maximum atomic E-state index is 12.8. The molecule has 0 amide bonds. The van der Waals surface area contributed by atoms with Crippen LogP contribution in [0.1, 0.15) is 271 Å². The summed E-state index contributed by atoms with van der Waals surface area (Å²) in [6.07, 6.45) is 64.9. The van der Waals surface area contributed by atoms with E-state index < -0.39 is 6.10 Å². The van der Waals surface area contributed by atoms with Crippen molar-refractivity contribution in [3.05, 3.63) is 60.8 Å². The standard InChI is InChI=1S/C58H102O6/c1-4-7-10-13-16-19-22-25-27-28-29-30-32-33-36-39-42-45-48-51-57(60)63-54-55(53-62-56(59)50-47-44-41-38-35-24-21-18-15-12-9-6-3)64-58(61)52-49-46-43-40-37-34-31-26-23-20-17-14-11-8-5-2/h7,10,16,19,25,27,29-30,33,36,55H,4-6,8-9,11-15,17-18,20-24,26,28,31-32,34-35,37-54H2,1-3H3/b10-7-,19-16-,27-25-,30-29-,36-33-/t55-/m0/s1. The van der Waals surface area contributed by atoms with Crippen LogP contribution in [0.15, 0.2) is 60.8 Å². The van der Waals surface area contributed by atoms with Crippen LogP contribution in [0, 0.1) is 0 Å². The molecule has 0 radical (unpaired) electrons. The molecule has 0 saturated heterocycles. The van der Waals surface area contributed by atoms with Gasteiger partial charge in [-0.1, -0.05) is 248 Å². The molecule has 0 aromatic carbocycles. The molecule has 6 heteroatoms. The van der Waals surface area contributed by atoms with Crippen LogP contribution in [-0.4, -0.2) is 37.2 Å². The van der Waals surface area contributed by atoms with Gasteiger partial charge >= 0.3 is 17.9 Å². The fourth-order valence-electron chi connectivity index (χ4n) is 7.70. The highest BCUT2D eigenvalue weighted by molar-refractivity contribution is 5.71. The molecule has 6 nitrogen and oxygen atoms in total. The van der Waals surface area contributed by atoms with E-state index >= 15 is 0 Å². The van der Waals surface area contributed by atoms with Crippen molar-refractivity contribution in [2.75, 3.05) is 13.2 Å². The minimum atomic E-state index is -0.783. The fraction of sp³-hybridized carbons (Fsp3) is 0.776. The van der Waals surface area contributed by atoms with Crippen molar-refractivity contribution in [1.29, 1.82) is 0 Å². The Balaban J connectivity index is 4.40. The Morgan fingerprint density at radius 3 is 0.953 bits per heavy atom. The number of hydrogen-bond donors (Lipinski definition) is 0. The number of unbranched alkanes of at least 4 members (excludes halogenated alkanes) is 28. The number of rotatable bonds is 49. The van der Waals surface area contributed by atoms with Gasteiger partial charge in [-0.3, -0.25) is 14.4 Å². The molecule has 0 saturated carbocycles. The first-order chi connectivity index (χ1) is 31.5. The quantitative estimate of drug-likeness (QED) is 0.0262. The van der Waals surface area contributed by atoms with Crippen LogP contribution in [-0.2, 0) is 28.6 Å². The molecular formula is C58H102O6.